The molecule has 0 heterocycles. The first-order chi connectivity index (χ1) is 15.5. The van der Waals surface area contributed by atoms with E-state index in [1.807, 2.05) is 48.5 Å². The molecule has 2 rings (SSSR count). The van der Waals surface area contributed by atoms with E-state index in [2.05, 4.69) is 25.9 Å². The van der Waals surface area contributed by atoms with Crippen LogP contribution in [0.2, 0.25) is 0 Å². The smallest absolute Gasteiger partial charge is 0.331 e. The molecule has 0 bridgehead atoms. The number of hydrogen-bond acceptors (Lipinski definition) is 6. The van der Waals surface area contributed by atoms with Gasteiger partial charge in [-0.1, -0.05) is 81.7 Å². The lowest BCUT2D eigenvalue weighted by molar-refractivity contribution is -0.146. The van der Waals surface area contributed by atoms with E-state index in [1.165, 1.54) is 19.3 Å². The maximum atomic E-state index is 14.6. The van der Waals surface area contributed by atoms with E-state index < -0.39 is 29.0 Å². The van der Waals surface area contributed by atoms with Gasteiger partial charge in [-0.3, -0.25) is 0 Å². The van der Waals surface area contributed by atoms with E-state index in [1.54, 1.807) is 24.3 Å². The summed E-state index contributed by atoms with van der Waals surface area (Å²) in [6.45, 7) is -0.237. The first kappa shape index (κ1) is 25.0. The van der Waals surface area contributed by atoms with Crippen molar-refractivity contribution in [2.24, 2.45) is 5.16 Å². The van der Waals surface area contributed by atoms with Gasteiger partial charge in [0, 0.05) is 12.2 Å². The Kier molecular flexibility index (Phi) is 10.9. The third-order valence-corrected chi connectivity index (χ3v) is 4.82. The number of nitrogens with zero attached hydrogens (tertiary/aromatic N) is 1. The lowest BCUT2D eigenvalue weighted by Gasteiger charge is -2.23. The second-order valence-electron chi connectivity index (χ2n) is 6.42. The van der Waals surface area contributed by atoms with Crippen molar-refractivity contribution in [3.8, 4) is 0 Å². The fourth-order valence-electron chi connectivity index (χ4n) is 2.48. The van der Waals surface area contributed by atoms with Gasteiger partial charge in [0.15, 0.2) is 12.3 Å². The van der Waals surface area contributed by atoms with Gasteiger partial charge < -0.3 is 14.3 Å². The molecule has 0 aliphatic rings. The topological polar surface area (TPSA) is 74.2 Å². The molecule has 2 aromatic carbocycles. The Labute approximate surface area is 194 Å². The van der Waals surface area contributed by atoms with Gasteiger partial charge in [0.1, 0.15) is 13.7 Å². The first-order valence-electron chi connectivity index (χ1n) is 9.68. The standard InChI is InChI=1S/C24H23BrFNO5/c1-30-27-16-21(26)24(32-23(29)15-13-19-10-6-3-7-11-19)20(25)17-31-22(28)14-12-18-8-4-2-5-9-18/h2-16,20-21,24H,17H2,1H3/b14-12+,15-13+,27-16+/t20-,21+,24+/m0/s1. The SMILES string of the molecule is CO/N=C/[C@@H](F)[C@H](OC(=O)/C=C/c1ccccc1)[C@@H](Br)COC(=O)/C=C/c1ccccc1. The van der Waals surface area contributed by atoms with Gasteiger partial charge in [-0.15, -0.1) is 0 Å². The fraction of sp³-hybridized carbons (Fsp3) is 0.208. The van der Waals surface area contributed by atoms with Crippen molar-refractivity contribution in [2.45, 2.75) is 17.1 Å². The normalized spacial score (nSPS) is 14.3. The van der Waals surface area contributed by atoms with Crippen molar-refractivity contribution < 1.29 is 28.3 Å². The van der Waals surface area contributed by atoms with Gasteiger partial charge in [0.2, 0.25) is 0 Å². The number of carbonyl (C=O) groups excluding carboxylic acids is 2. The Bertz CT molecular complexity index is 934. The highest BCUT2D eigenvalue weighted by atomic mass is 79.9. The molecule has 2 aromatic rings. The van der Waals surface area contributed by atoms with Crippen LogP contribution in [0.4, 0.5) is 4.39 Å². The van der Waals surface area contributed by atoms with Gasteiger partial charge in [0.25, 0.3) is 0 Å². The van der Waals surface area contributed by atoms with Crippen LogP contribution in [0.1, 0.15) is 11.1 Å². The zero-order valence-corrected chi connectivity index (χ0v) is 18.9. The highest BCUT2D eigenvalue weighted by molar-refractivity contribution is 9.09. The Balaban J connectivity index is 1.97. The number of benzene rings is 2. The van der Waals surface area contributed by atoms with E-state index in [0.29, 0.717) is 0 Å². The number of hydrogen-bond donors (Lipinski definition) is 0. The van der Waals surface area contributed by atoms with Crippen LogP contribution in [0.3, 0.4) is 0 Å². The summed E-state index contributed by atoms with van der Waals surface area (Å²) in [5, 5.41) is 3.39. The van der Waals surface area contributed by atoms with Crippen LogP contribution in [0.15, 0.2) is 78.0 Å². The Morgan fingerprint density at radius 1 is 0.969 bits per heavy atom. The molecule has 0 fully saturated rings. The summed E-state index contributed by atoms with van der Waals surface area (Å²) in [5.41, 5.74) is 1.62. The summed E-state index contributed by atoms with van der Waals surface area (Å²) in [7, 11) is 1.26. The van der Waals surface area contributed by atoms with Crippen molar-refractivity contribution >= 4 is 46.2 Å². The average Bonchev–Trinajstić information content (AvgIpc) is 2.83. The molecular weight excluding hydrogens is 481 g/mol. The number of halogens is 2. The monoisotopic (exact) mass is 503 g/mol. The van der Waals surface area contributed by atoms with Crippen LogP contribution >= 0.6 is 15.9 Å². The summed E-state index contributed by atoms with van der Waals surface area (Å²) < 4.78 is 25.0. The molecule has 0 unspecified atom stereocenters. The molecule has 0 radical (unpaired) electrons. The molecule has 0 spiro atoms. The minimum Gasteiger partial charge on any atom is -0.461 e. The van der Waals surface area contributed by atoms with Crippen molar-refractivity contribution in [3.63, 3.8) is 0 Å². The van der Waals surface area contributed by atoms with Crippen LogP contribution in [0.5, 0.6) is 0 Å². The van der Waals surface area contributed by atoms with E-state index in [0.717, 1.165) is 17.3 Å². The van der Waals surface area contributed by atoms with Gasteiger partial charge in [-0.25, -0.2) is 14.0 Å². The van der Waals surface area contributed by atoms with Crippen LogP contribution in [0.25, 0.3) is 12.2 Å². The molecule has 32 heavy (non-hydrogen) atoms. The molecule has 0 aromatic heterocycles. The number of carbonyl (C=O) groups is 2. The molecule has 0 aliphatic heterocycles. The highest BCUT2D eigenvalue weighted by Crippen LogP contribution is 2.17. The highest BCUT2D eigenvalue weighted by Gasteiger charge is 2.31. The second kappa shape index (κ2) is 13.9. The first-order valence-corrected chi connectivity index (χ1v) is 10.6. The molecule has 0 saturated carbocycles. The Morgan fingerprint density at radius 2 is 1.50 bits per heavy atom. The zero-order valence-electron chi connectivity index (χ0n) is 17.3. The molecule has 0 saturated heterocycles. The molecule has 0 N–H and O–H groups in total. The molecular formula is C24H23BrFNO5. The van der Waals surface area contributed by atoms with Crippen LogP contribution < -0.4 is 0 Å². The van der Waals surface area contributed by atoms with Crippen molar-refractivity contribution in [2.75, 3.05) is 13.7 Å². The zero-order chi connectivity index (χ0) is 23.2. The average molecular weight is 504 g/mol. The second-order valence-corrected chi connectivity index (χ2v) is 7.59. The molecule has 6 nitrogen and oxygen atoms in total. The summed E-state index contributed by atoms with van der Waals surface area (Å²) in [4.78, 5) is 27.9. The lowest BCUT2D eigenvalue weighted by Crippen LogP contribution is -2.39. The molecule has 3 atom stereocenters. The van der Waals surface area contributed by atoms with Gasteiger partial charge in [-0.05, 0) is 23.3 Å². The maximum absolute atomic E-state index is 14.6. The van der Waals surface area contributed by atoms with E-state index >= 15 is 0 Å². The number of oxime groups is 1. The van der Waals surface area contributed by atoms with E-state index in [9.17, 15) is 14.0 Å². The van der Waals surface area contributed by atoms with Crippen molar-refractivity contribution in [1.29, 1.82) is 0 Å². The van der Waals surface area contributed by atoms with Crippen LogP contribution in [-0.4, -0.2) is 49.0 Å². The van der Waals surface area contributed by atoms with E-state index in [4.69, 9.17) is 9.47 Å². The Hall–Kier alpha value is -3.26. The largest absolute Gasteiger partial charge is 0.461 e. The number of rotatable bonds is 11. The third kappa shape index (κ3) is 9.26. The summed E-state index contributed by atoms with van der Waals surface area (Å²) in [6, 6.07) is 18.3. The van der Waals surface area contributed by atoms with Gasteiger partial charge >= 0.3 is 11.9 Å². The third-order valence-electron chi connectivity index (χ3n) is 4.04. The maximum Gasteiger partial charge on any atom is 0.331 e. The quantitative estimate of drug-likeness (QED) is 0.147. The summed E-state index contributed by atoms with van der Waals surface area (Å²) >= 11 is 3.24. The minimum atomic E-state index is -1.80. The Morgan fingerprint density at radius 3 is 2.03 bits per heavy atom. The van der Waals surface area contributed by atoms with Gasteiger partial charge in [-0.2, -0.15) is 0 Å². The molecule has 0 aliphatic carbocycles. The number of esters is 2. The van der Waals surface area contributed by atoms with Gasteiger partial charge in [0.05, 0.1) is 11.0 Å². The van der Waals surface area contributed by atoms with E-state index in [-0.39, 0.29) is 6.61 Å². The molecule has 0 amide bonds. The van der Waals surface area contributed by atoms with Crippen LogP contribution in [-0.2, 0) is 23.9 Å². The molecule has 8 heteroatoms. The van der Waals surface area contributed by atoms with Crippen LogP contribution in [0, 0.1) is 0 Å². The predicted molar refractivity (Wildman–Crippen MR) is 125 cm³/mol. The lowest BCUT2D eigenvalue weighted by atomic mass is 10.1. The molecule has 168 valence electrons. The summed E-state index contributed by atoms with van der Waals surface area (Å²) in [5.74, 6) is -1.37. The number of ether oxygens (including phenoxy) is 2. The fourth-order valence-corrected chi connectivity index (χ4v) is 3.01. The van der Waals surface area contributed by atoms with Crippen molar-refractivity contribution in [1.82, 2.24) is 0 Å². The number of alkyl halides is 2. The predicted octanol–water partition coefficient (Wildman–Crippen LogP) is 4.60. The summed E-state index contributed by atoms with van der Waals surface area (Å²) in [6.07, 6.45) is 3.35. The minimum absolute atomic E-state index is 0.237. The van der Waals surface area contributed by atoms with Crippen molar-refractivity contribution in [3.05, 3.63) is 83.9 Å².